The molecule has 1 aliphatic rings. The van der Waals surface area contributed by atoms with Gasteiger partial charge < -0.3 is 9.50 Å². The van der Waals surface area contributed by atoms with E-state index in [1.165, 1.54) is 24.3 Å². The topological polar surface area (TPSA) is 72.5 Å². The van der Waals surface area contributed by atoms with Gasteiger partial charge in [-0.25, -0.2) is 0 Å². The third-order valence-electron chi connectivity index (χ3n) is 3.40. The summed E-state index contributed by atoms with van der Waals surface area (Å²) in [6, 6.07) is 10.9. The third-order valence-corrected chi connectivity index (χ3v) is 6.11. The molecule has 2 aromatic rings. The van der Waals surface area contributed by atoms with Gasteiger partial charge in [-0.1, -0.05) is 59.3 Å². The van der Waals surface area contributed by atoms with Crippen LogP contribution in [0.3, 0.4) is 0 Å². The standard InChI is InChI=1S/C17H12ClNO4S3/c1-10-2-5-12(6-3-10)26(21,22)23-14-7-4-11(8-13(14)18)9-15-16(20)19-17(24)25-15/h2-9H,1H3,(H,19,20,24). The Bertz CT molecular complexity index is 1030. The first kappa shape index (κ1) is 18.9. The zero-order valence-electron chi connectivity index (χ0n) is 13.4. The van der Waals surface area contributed by atoms with Crippen LogP contribution in [0, 0.1) is 6.92 Å². The van der Waals surface area contributed by atoms with E-state index in [1.54, 1.807) is 24.3 Å². The molecule has 0 spiro atoms. The zero-order valence-corrected chi connectivity index (χ0v) is 16.6. The predicted molar refractivity (Wildman–Crippen MR) is 107 cm³/mol. The molecule has 1 N–H and O–H groups in total. The highest BCUT2D eigenvalue weighted by molar-refractivity contribution is 8.26. The number of carbonyl (C=O) groups excluding carboxylic acids is 1. The van der Waals surface area contributed by atoms with Crippen LogP contribution in [0.4, 0.5) is 0 Å². The van der Waals surface area contributed by atoms with Crippen molar-refractivity contribution in [2.45, 2.75) is 11.8 Å². The summed E-state index contributed by atoms with van der Waals surface area (Å²) in [7, 11) is -3.99. The van der Waals surface area contributed by atoms with Crippen LogP contribution in [0.25, 0.3) is 6.08 Å². The molecule has 1 saturated heterocycles. The average Bonchev–Trinajstić information content (AvgIpc) is 2.88. The fourth-order valence-electron chi connectivity index (χ4n) is 2.12. The molecular weight excluding hydrogens is 414 g/mol. The molecule has 0 aromatic heterocycles. The van der Waals surface area contributed by atoms with E-state index in [4.69, 9.17) is 28.0 Å². The van der Waals surface area contributed by atoms with Gasteiger partial charge in [0.2, 0.25) is 0 Å². The Hall–Kier alpha value is -1.87. The van der Waals surface area contributed by atoms with Crippen LogP contribution in [0.1, 0.15) is 11.1 Å². The van der Waals surface area contributed by atoms with Crippen LogP contribution in [0.15, 0.2) is 52.3 Å². The minimum Gasteiger partial charge on any atom is -0.377 e. The number of nitrogens with one attached hydrogen (secondary N) is 1. The lowest BCUT2D eigenvalue weighted by Crippen LogP contribution is -2.17. The van der Waals surface area contributed by atoms with Gasteiger partial charge in [0, 0.05) is 0 Å². The quantitative estimate of drug-likeness (QED) is 0.455. The van der Waals surface area contributed by atoms with Crippen molar-refractivity contribution in [3.63, 3.8) is 0 Å². The maximum Gasteiger partial charge on any atom is 0.339 e. The van der Waals surface area contributed by atoms with Gasteiger partial charge in [-0.05, 0) is 42.8 Å². The lowest BCUT2D eigenvalue weighted by atomic mass is 10.2. The minimum atomic E-state index is -3.99. The molecule has 5 nitrogen and oxygen atoms in total. The van der Waals surface area contributed by atoms with Gasteiger partial charge in [-0.15, -0.1) is 0 Å². The summed E-state index contributed by atoms with van der Waals surface area (Å²) < 4.78 is 30.2. The summed E-state index contributed by atoms with van der Waals surface area (Å²) >= 11 is 12.2. The maximum atomic E-state index is 12.3. The first-order chi connectivity index (χ1) is 12.2. The zero-order chi connectivity index (χ0) is 18.9. The van der Waals surface area contributed by atoms with E-state index in [2.05, 4.69) is 5.32 Å². The van der Waals surface area contributed by atoms with Crippen LogP contribution in [-0.4, -0.2) is 18.6 Å². The van der Waals surface area contributed by atoms with E-state index in [0.717, 1.165) is 17.3 Å². The first-order valence-corrected chi connectivity index (χ1v) is 10.3. The monoisotopic (exact) mass is 425 g/mol. The highest BCUT2D eigenvalue weighted by Crippen LogP contribution is 2.31. The number of hydrogen-bond donors (Lipinski definition) is 1. The average molecular weight is 426 g/mol. The Morgan fingerprint density at radius 1 is 1.19 bits per heavy atom. The molecule has 1 amide bonds. The number of hydrogen-bond acceptors (Lipinski definition) is 6. The van der Waals surface area contributed by atoms with Crippen molar-refractivity contribution in [1.82, 2.24) is 5.32 Å². The smallest absolute Gasteiger partial charge is 0.339 e. The summed E-state index contributed by atoms with van der Waals surface area (Å²) in [5.74, 6) is -0.271. The molecule has 0 unspecified atom stereocenters. The van der Waals surface area contributed by atoms with E-state index in [0.29, 0.717) is 14.8 Å². The fraction of sp³-hybridized carbons (Fsp3) is 0.0588. The Balaban J connectivity index is 1.84. The van der Waals surface area contributed by atoms with E-state index >= 15 is 0 Å². The van der Waals surface area contributed by atoms with Crippen molar-refractivity contribution in [3.05, 3.63) is 63.5 Å². The second kappa shape index (κ2) is 7.40. The Labute approximate surface area is 165 Å². The number of amides is 1. The van der Waals surface area contributed by atoms with Crippen molar-refractivity contribution in [2.24, 2.45) is 0 Å². The number of thiocarbonyl (C=S) groups is 1. The van der Waals surface area contributed by atoms with Gasteiger partial charge in [0.25, 0.3) is 5.91 Å². The molecule has 134 valence electrons. The number of benzene rings is 2. The van der Waals surface area contributed by atoms with E-state index in [1.807, 2.05) is 6.92 Å². The van der Waals surface area contributed by atoms with E-state index < -0.39 is 10.1 Å². The first-order valence-electron chi connectivity index (χ1n) is 7.30. The van der Waals surface area contributed by atoms with Crippen molar-refractivity contribution in [3.8, 4) is 5.75 Å². The molecular formula is C17H12ClNO4S3. The molecule has 1 fully saturated rings. The highest BCUT2D eigenvalue weighted by atomic mass is 35.5. The van der Waals surface area contributed by atoms with Gasteiger partial charge in [-0.3, -0.25) is 4.79 Å². The molecule has 0 radical (unpaired) electrons. The Morgan fingerprint density at radius 3 is 2.46 bits per heavy atom. The number of halogens is 1. The Morgan fingerprint density at radius 2 is 1.88 bits per heavy atom. The summed E-state index contributed by atoms with van der Waals surface area (Å²) in [6.07, 6.45) is 1.61. The molecule has 2 aromatic carbocycles. The van der Waals surface area contributed by atoms with Gasteiger partial charge >= 0.3 is 10.1 Å². The SMILES string of the molecule is Cc1ccc(S(=O)(=O)Oc2ccc(C=C3SC(=S)NC3=O)cc2Cl)cc1. The Kier molecular flexibility index (Phi) is 5.38. The minimum absolute atomic E-state index is 0.00781. The molecule has 0 atom stereocenters. The molecule has 1 heterocycles. The molecule has 26 heavy (non-hydrogen) atoms. The third kappa shape index (κ3) is 4.27. The molecule has 1 aliphatic heterocycles. The highest BCUT2D eigenvalue weighted by Gasteiger charge is 2.22. The summed E-state index contributed by atoms with van der Waals surface area (Å²) in [5, 5.41) is 2.63. The van der Waals surface area contributed by atoms with Gasteiger partial charge in [0.15, 0.2) is 5.75 Å². The molecule has 0 saturated carbocycles. The largest absolute Gasteiger partial charge is 0.377 e. The second-order valence-corrected chi connectivity index (χ2v) is 9.06. The summed E-state index contributed by atoms with van der Waals surface area (Å²) in [6.45, 7) is 1.86. The van der Waals surface area contributed by atoms with Crippen LogP contribution in [-0.2, 0) is 14.9 Å². The van der Waals surface area contributed by atoms with Crippen LogP contribution in [0.2, 0.25) is 5.02 Å². The molecule has 0 aliphatic carbocycles. The van der Waals surface area contributed by atoms with Crippen LogP contribution < -0.4 is 9.50 Å². The van der Waals surface area contributed by atoms with Gasteiger partial charge in [-0.2, -0.15) is 8.42 Å². The van der Waals surface area contributed by atoms with E-state index in [9.17, 15) is 13.2 Å². The predicted octanol–water partition coefficient (Wildman–Crippen LogP) is 3.90. The van der Waals surface area contributed by atoms with Crippen molar-refractivity contribution >= 4 is 62.0 Å². The van der Waals surface area contributed by atoms with Crippen molar-refractivity contribution in [2.75, 3.05) is 0 Å². The summed E-state index contributed by atoms with van der Waals surface area (Å²) in [5.41, 5.74) is 1.56. The van der Waals surface area contributed by atoms with Gasteiger partial charge in [0.1, 0.15) is 9.22 Å². The summed E-state index contributed by atoms with van der Waals surface area (Å²) in [4.78, 5) is 12.2. The van der Waals surface area contributed by atoms with Crippen molar-refractivity contribution in [1.29, 1.82) is 0 Å². The fourth-order valence-corrected chi connectivity index (χ4v) is 4.38. The second-order valence-electron chi connectivity index (χ2n) is 5.39. The van der Waals surface area contributed by atoms with Gasteiger partial charge in [0.05, 0.1) is 9.93 Å². The van der Waals surface area contributed by atoms with Crippen LogP contribution in [0.5, 0.6) is 5.75 Å². The lowest BCUT2D eigenvalue weighted by Gasteiger charge is -2.09. The molecule has 9 heteroatoms. The number of aryl methyl sites for hydroxylation is 1. The number of carbonyl (C=O) groups is 1. The number of rotatable bonds is 4. The number of thioether (sulfide) groups is 1. The van der Waals surface area contributed by atoms with Crippen molar-refractivity contribution < 1.29 is 17.4 Å². The molecule has 3 rings (SSSR count). The normalized spacial score (nSPS) is 16.0. The van der Waals surface area contributed by atoms with E-state index in [-0.39, 0.29) is 21.6 Å². The van der Waals surface area contributed by atoms with Crippen LogP contribution >= 0.6 is 35.6 Å². The molecule has 0 bridgehead atoms. The lowest BCUT2D eigenvalue weighted by molar-refractivity contribution is -0.115. The maximum absolute atomic E-state index is 12.3.